The Kier molecular flexibility index (Phi) is 4.34. The summed E-state index contributed by atoms with van der Waals surface area (Å²) >= 11 is 6.06. The molecule has 1 saturated heterocycles. The monoisotopic (exact) mass is 336 g/mol. The Labute approximate surface area is 140 Å². The molecule has 1 aliphatic heterocycles. The molecule has 23 heavy (non-hydrogen) atoms. The van der Waals surface area contributed by atoms with Crippen molar-refractivity contribution in [3.05, 3.63) is 28.8 Å². The van der Waals surface area contributed by atoms with Gasteiger partial charge in [0.05, 0.1) is 12.0 Å². The number of fused-ring (bicyclic) bond motifs is 1. The molecule has 5 nitrogen and oxygen atoms in total. The van der Waals surface area contributed by atoms with Gasteiger partial charge in [0.1, 0.15) is 0 Å². The van der Waals surface area contributed by atoms with Crippen molar-refractivity contribution in [1.29, 1.82) is 0 Å². The van der Waals surface area contributed by atoms with Crippen LogP contribution in [0.2, 0.25) is 5.02 Å². The fourth-order valence-electron chi connectivity index (χ4n) is 3.94. The van der Waals surface area contributed by atoms with E-state index < -0.39 is 11.4 Å². The zero-order chi connectivity index (χ0) is 16.6. The molecule has 2 N–H and O–H groups in total. The number of carboxylic acid groups (broad SMARTS) is 1. The van der Waals surface area contributed by atoms with Gasteiger partial charge in [-0.05, 0) is 43.4 Å². The van der Waals surface area contributed by atoms with Gasteiger partial charge in [0.15, 0.2) is 0 Å². The third-order valence-corrected chi connectivity index (χ3v) is 5.60. The summed E-state index contributed by atoms with van der Waals surface area (Å²) < 4.78 is 0. The maximum Gasteiger partial charge on any atom is 0.311 e. The number of halogens is 1. The molecule has 2 fully saturated rings. The van der Waals surface area contributed by atoms with Crippen LogP contribution >= 0.6 is 11.6 Å². The Morgan fingerprint density at radius 3 is 2.91 bits per heavy atom. The van der Waals surface area contributed by atoms with Crippen LogP contribution in [-0.2, 0) is 9.59 Å². The summed E-state index contributed by atoms with van der Waals surface area (Å²) in [5.74, 6) is -0.680. The van der Waals surface area contributed by atoms with Gasteiger partial charge in [-0.2, -0.15) is 0 Å². The molecule has 124 valence electrons. The van der Waals surface area contributed by atoms with E-state index in [1.165, 1.54) is 0 Å². The van der Waals surface area contributed by atoms with E-state index in [1.54, 1.807) is 6.07 Å². The quantitative estimate of drug-likeness (QED) is 0.887. The average Bonchev–Trinajstić information content (AvgIpc) is 3.00. The number of anilines is 1. The Morgan fingerprint density at radius 2 is 2.26 bits per heavy atom. The van der Waals surface area contributed by atoms with Gasteiger partial charge in [-0.3, -0.25) is 14.5 Å². The number of aliphatic carboxylic acids is 1. The number of carboxylic acids is 1. The van der Waals surface area contributed by atoms with E-state index in [4.69, 9.17) is 11.6 Å². The van der Waals surface area contributed by atoms with E-state index in [0.29, 0.717) is 23.8 Å². The van der Waals surface area contributed by atoms with Gasteiger partial charge in [-0.1, -0.05) is 24.1 Å². The van der Waals surface area contributed by atoms with Crippen molar-refractivity contribution in [2.45, 2.75) is 26.2 Å². The number of benzene rings is 1. The summed E-state index contributed by atoms with van der Waals surface area (Å²) in [6.45, 7) is 3.28. The van der Waals surface area contributed by atoms with E-state index in [-0.39, 0.29) is 18.4 Å². The Hall–Kier alpha value is -1.59. The zero-order valence-electron chi connectivity index (χ0n) is 13.1. The van der Waals surface area contributed by atoms with Crippen molar-refractivity contribution in [1.82, 2.24) is 4.90 Å². The lowest BCUT2D eigenvalue weighted by Crippen LogP contribution is -2.37. The van der Waals surface area contributed by atoms with Crippen molar-refractivity contribution >= 4 is 29.2 Å². The van der Waals surface area contributed by atoms with Crippen LogP contribution in [0.15, 0.2) is 18.2 Å². The number of hydrogen-bond donors (Lipinski definition) is 2. The van der Waals surface area contributed by atoms with Crippen LogP contribution in [0.5, 0.6) is 0 Å². The molecule has 1 aromatic rings. The van der Waals surface area contributed by atoms with Gasteiger partial charge in [0.25, 0.3) is 0 Å². The minimum Gasteiger partial charge on any atom is -0.481 e. The number of amides is 1. The first kappa shape index (κ1) is 16.3. The third kappa shape index (κ3) is 3.08. The van der Waals surface area contributed by atoms with E-state index in [1.807, 2.05) is 24.0 Å². The van der Waals surface area contributed by atoms with Crippen molar-refractivity contribution < 1.29 is 14.7 Å². The van der Waals surface area contributed by atoms with E-state index in [2.05, 4.69) is 5.32 Å². The topological polar surface area (TPSA) is 69.6 Å². The molecule has 0 bridgehead atoms. The minimum atomic E-state index is -0.715. The van der Waals surface area contributed by atoms with Gasteiger partial charge in [-0.15, -0.1) is 0 Å². The zero-order valence-corrected chi connectivity index (χ0v) is 13.9. The predicted octanol–water partition coefficient (Wildman–Crippen LogP) is 2.77. The molecule has 6 heteroatoms. The highest BCUT2D eigenvalue weighted by Crippen LogP contribution is 2.48. The second kappa shape index (κ2) is 6.13. The minimum absolute atomic E-state index is 0.134. The average molecular weight is 337 g/mol. The number of carbonyl (C=O) groups excluding carboxylic acids is 1. The van der Waals surface area contributed by atoms with E-state index >= 15 is 0 Å². The standard InChI is InChI=1S/C17H21ClN2O3/c1-11-4-5-13(7-14(11)18)19-15(21)9-20-8-12-3-2-6-17(12,10-20)16(22)23/h4-5,7,12H,2-3,6,8-10H2,1H3,(H,19,21)(H,22,23)/t12-,17+/m0/s1. The molecule has 1 aromatic carbocycles. The van der Waals surface area contributed by atoms with E-state index in [0.717, 1.165) is 24.8 Å². The number of likely N-dealkylation sites (tertiary alicyclic amines) is 1. The maximum atomic E-state index is 12.2. The summed E-state index contributed by atoms with van der Waals surface area (Å²) in [5.41, 5.74) is 0.978. The normalized spacial score (nSPS) is 27.0. The van der Waals surface area contributed by atoms with Crippen molar-refractivity contribution in [3.8, 4) is 0 Å². The molecule has 0 radical (unpaired) electrons. The molecule has 1 saturated carbocycles. The maximum absolute atomic E-state index is 12.2. The summed E-state index contributed by atoms with van der Waals surface area (Å²) in [4.78, 5) is 25.8. The highest BCUT2D eigenvalue weighted by molar-refractivity contribution is 6.31. The summed E-state index contributed by atoms with van der Waals surface area (Å²) in [5, 5.41) is 13.0. The Balaban J connectivity index is 1.61. The molecule has 2 aliphatic rings. The van der Waals surface area contributed by atoms with Crippen LogP contribution < -0.4 is 5.32 Å². The highest BCUT2D eigenvalue weighted by Gasteiger charge is 2.54. The van der Waals surface area contributed by atoms with E-state index in [9.17, 15) is 14.7 Å². The number of nitrogens with zero attached hydrogens (tertiary/aromatic N) is 1. The molecule has 0 spiro atoms. The number of aryl methyl sites for hydroxylation is 1. The second-order valence-electron chi connectivity index (χ2n) is 6.73. The molecular weight excluding hydrogens is 316 g/mol. The highest BCUT2D eigenvalue weighted by atomic mass is 35.5. The number of nitrogens with one attached hydrogen (secondary N) is 1. The van der Waals surface area contributed by atoms with Crippen LogP contribution in [0.1, 0.15) is 24.8 Å². The van der Waals surface area contributed by atoms with Crippen LogP contribution in [-0.4, -0.2) is 41.5 Å². The van der Waals surface area contributed by atoms with Crippen LogP contribution in [0.25, 0.3) is 0 Å². The molecule has 1 amide bonds. The lowest BCUT2D eigenvalue weighted by molar-refractivity contribution is -0.149. The first-order valence-corrected chi connectivity index (χ1v) is 8.30. The van der Waals surface area contributed by atoms with Crippen molar-refractivity contribution in [2.24, 2.45) is 11.3 Å². The number of hydrogen-bond acceptors (Lipinski definition) is 3. The van der Waals surface area contributed by atoms with Crippen molar-refractivity contribution in [3.63, 3.8) is 0 Å². The van der Waals surface area contributed by atoms with Crippen molar-refractivity contribution in [2.75, 3.05) is 25.0 Å². The SMILES string of the molecule is Cc1ccc(NC(=O)CN2C[C@@H]3CCC[C@@]3(C(=O)O)C2)cc1Cl. The van der Waals surface area contributed by atoms with Gasteiger partial charge in [0, 0.05) is 23.8 Å². The fourth-order valence-corrected chi connectivity index (χ4v) is 4.12. The largest absolute Gasteiger partial charge is 0.481 e. The first-order chi connectivity index (χ1) is 10.9. The number of rotatable bonds is 4. The van der Waals surface area contributed by atoms with Crippen LogP contribution in [0.4, 0.5) is 5.69 Å². The summed E-state index contributed by atoms with van der Waals surface area (Å²) in [6, 6.07) is 5.40. The third-order valence-electron chi connectivity index (χ3n) is 5.19. The molecule has 1 aliphatic carbocycles. The predicted molar refractivity (Wildman–Crippen MR) is 88.7 cm³/mol. The summed E-state index contributed by atoms with van der Waals surface area (Å²) in [7, 11) is 0. The molecular formula is C17H21ClN2O3. The lowest BCUT2D eigenvalue weighted by Gasteiger charge is -2.23. The molecule has 1 heterocycles. The van der Waals surface area contributed by atoms with Gasteiger partial charge >= 0.3 is 5.97 Å². The van der Waals surface area contributed by atoms with Gasteiger partial charge in [-0.25, -0.2) is 0 Å². The Morgan fingerprint density at radius 1 is 1.48 bits per heavy atom. The van der Waals surface area contributed by atoms with Gasteiger partial charge in [0.2, 0.25) is 5.91 Å². The molecule has 2 atom stereocenters. The lowest BCUT2D eigenvalue weighted by atomic mass is 9.81. The molecule has 0 aromatic heterocycles. The second-order valence-corrected chi connectivity index (χ2v) is 7.14. The summed E-state index contributed by atoms with van der Waals surface area (Å²) in [6.07, 6.45) is 2.63. The molecule has 0 unspecified atom stereocenters. The smallest absolute Gasteiger partial charge is 0.311 e. The van der Waals surface area contributed by atoms with Gasteiger partial charge < -0.3 is 10.4 Å². The first-order valence-electron chi connectivity index (χ1n) is 7.92. The number of carbonyl (C=O) groups is 2. The fraction of sp³-hybridized carbons (Fsp3) is 0.529. The Bertz CT molecular complexity index is 649. The van der Waals surface area contributed by atoms with Crippen LogP contribution in [0.3, 0.4) is 0 Å². The van der Waals surface area contributed by atoms with Crippen LogP contribution in [0, 0.1) is 18.3 Å². The molecule has 3 rings (SSSR count).